The van der Waals surface area contributed by atoms with Gasteiger partial charge in [-0.2, -0.15) is 0 Å². The third-order valence-corrected chi connectivity index (χ3v) is 3.51. The molecule has 0 saturated heterocycles. The van der Waals surface area contributed by atoms with Crippen molar-refractivity contribution in [3.8, 4) is 5.75 Å². The minimum absolute atomic E-state index is 0.155. The lowest BCUT2D eigenvalue weighted by Gasteiger charge is -2.25. The van der Waals surface area contributed by atoms with Gasteiger partial charge < -0.3 is 15.2 Å². The number of hydrogen-bond donors (Lipinski definition) is 2. The minimum atomic E-state index is -1.04. The molecule has 2 atom stereocenters. The number of carboxylic acid groups (broad SMARTS) is 1. The van der Waals surface area contributed by atoms with E-state index in [1.807, 2.05) is 6.92 Å². The van der Waals surface area contributed by atoms with Gasteiger partial charge in [-0.1, -0.05) is 32.4 Å². The maximum Gasteiger partial charge on any atom is 0.326 e. The molecule has 0 aromatic heterocycles. The summed E-state index contributed by atoms with van der Waals surface area (Å²) in [5.41, 5.74) is 0.575. The number of amides is 2. The Morgan fingerprint density at radius 2 is 2.00 bits per heavy atom. The van der Waals surface area contributed by atoms with E-state index in [-0.39, 0.29) is 5.92 Å². The monoisotopic (exact) mass is 294 g/mol. The summed E-state index contributed by atoms with van der Waals surface area (Å²) < 4.78 is 5.20. The molecule has 0 bridgehead atoms. The van der Waals surface area contributed by atoms with Gasteiger partial charge in [-0.15, -0.1) is 0 Å². The summed E-state index contributed by atoms with van der Waals surface area (Å²) in [6, 6.07) is 5.66. The second kappa shape index (κ2) is 7.52. The van der Waals surface area contributed by atoms with E-state index in [1.54, 1.807) is 38.2 Å². The quantitative estimate of drug-likeness (QED) is 0.844. The molecular formula is C15H22N2O4. The van der Waals surface area contributed by atoms with Crippen LogP contribution in [0.25, 0.3) is 0 Å². The number of hydrogen-bond acceptors (Lipinski definition) is 3. The maximum absolute atomic E-state index is 12.2. The number of benzene rings is 1. The van der Waals surface area contributed by atoms with Gasteiger partial charge in [0.25, 0.3) is 0 Å². The van der Waals surface area contributed by atoms with Crippen molar-refractivity contribution >= 4 is 17.7 Å². The Balaban J connectivity index is 2.89. The van der Waals surface area contributed by atoms with Crippen molar-refractivity contribution in [3.63, 3.8) is 0 Å². The van der Waals surface area contributed by atoms with E-state index < -0.39 is 18.0 Å². The van der Waals surface area contributed by atoms with Gasteiger partial charge in [0.05, 0.1) is 12.8 Å². The molecule has 1 aromatic rings. The second-order valence-corrected chi connectivity index (χ2v) is 4.88. The lowest BCUT2D eigenvalue weighted by Crippen LogP contribution is -2.49. The molecule has 0 spiro atoms. The predicted octanol–water partition coefficient (Wildman–Crippen LogP) is 2.34. The van der Waals surface area contributed by atoms with E-state index >= 15 is 0 Å². The first-order valence-electron chi connectivity index (χ1n) is 6.82. The summed E-state index contributed by atoms with van der Waals surface area (Å²) >= 11 is 0. The molecule has 6 heteroatoms. The highest BCUT2D eigenvalue weighted by atomic mass is 16.5. The van der Waals surface area contributed by atoms with Crippen LogP contribution in [0.4, 0.5) is 10.5 Å². The molecule has 21 heavy (non-hydrogen) atoms. The third-order valence-electron chi connectivity index (χ3n) is 3.51. The molecular weight excluding hydrogens is 272 g/mol. The smallest absolute Gasteiger partial charge is 0.326 e. The largest absolute Gasteiger partial charge is 0.495 e. The Morgan fingerprint density at radius 1 is 1.38 bits per heavy atom. The normalized spacial score (nSPS) is 13.1. The fourth-order valence-electron chi connectivity index (χ4n) is 1.93. The number of ether oxygens (including phenoxy) is 1. The van der Waals surface area contributed by atoms with Gasteiger partial charge in [0.1, 0.15) is 11.8 Å². The number of carboxylic acids is 1. The molecule has 0 aliphatic carbocycles. The predicted molar refractivity (Wildman–Crippen MR) is 80.8 cm³/mol. The van der Waals surface area contributed by atoms with E-state index in [0.29, 0.717) is 17.9 Å². The van der Waals surface area contributed by atoms with Crippen LogP contribution < -0.4 is 15.0 Å². The SMILES string of the molecule is CCC(C)C(NC(=O)N(C)c1ccccc1OC)C(=O)O. The molecule has 0 aliphatic heterocycles. The number of anilines is 1. The average molecular weight is 294 g/mol. The first kappa shape index (κ1) is 16.8. The molecule has 1 aromatic carbocycles. The van der Waals surface area contributed by atoms with Crippen LogP contribution >= 0.6 is 0 Å². The van der Waals surface area contributed by atoms with Crippen molar-refractivity contribution in [2.45, 2.75) is 26.3 Å². The Hall–Kier alpha value is -2.24. The highest BCUT2D eigenvalue weighted by Crippen LogP contribution is 2.26. The number of nitrogens with zero attached hydrogens (tertiary/aromatic N) is 1. The fraction of sp³-hybridized carbons (Fsp3) is 0.467. The molecule has 1 rings (SSSR count). The van der Waals surface area contributed by atoms with Gasteiger partial charge in [-0.3, -0.25) is 4.90 Å². The van der Waals surface area contributed by atoms with E-state index in [2.05, 4.69) is 5.32 Å². The average Bonchev–Trinajstić information content (AvgIpc) is 2.50. The molecule has 6 nitrogen and oxygen atoms in total. The zero-order chi connectivity index (χ0) is 16.0. The number of carbonyl (C=O) groups is 2. The number of para-hydroxylation sites is 2. The molecule has 0 fully saturated rings. The zero-order valence-electron chi connectivity index (χ0n) is 12.8. The van der Waals surface area contributed by atoms with Crippen LogP contribution in [0.1, 0.15) is 20.3 Å². The van der Waals surface area contributed by atoms with Crippen molar-refractivity contribution in [1.82, 2.24) is 5.32 Å². The Bertz CT molecular complexity index is 504. The summed E-state index contributed by atoms with van der Waals surface area (Å²) in [6.45, 7) is 3.68. The summed E-state index contributed by atoms with van der Waals surface area (Å²) in [7, 11) is 3.09. The Kier molecular flexibility index (Phi) is 6.02. The minimum Gasteiger partial charge on any atom is -0.495 e. The Morgan fingerprint density at radius 3 is 2.52 bits per heavy atom. The van der Waals surface area contributed by atoms with Gasteiger partial charge >= 0.3 is 12.0 Å². The molecule has 2 amide bonds. The van der Waals surface area contributed by atoms with Crippen LogP contribution in [0.2, 0.25) is 0 Å². The highest BCUT2D eigenvalue weighted by Gasteiger charge is 2.27. The van der Waals surface area contributed by atoms with Crippen LogP contribution in [0.3, 0.4) is 0 Å². The topological polar surface area (TPSA) is 78.9 Å². The van der Waals surface area contributed by atoms with Crippen molar-refractivity contribution in [2.75, 3.05) is 19.1 Å². The first-order chi connectivity index (χ1) is 9.92. The van der Waals surface area contributed by atoms with E-state index in [9.17, 15) is 14.7 Å². The second-order valence-electron chi connectivity index (χ2n) is 4.88. The lowest BCUT2D eigenvalue weighted by atomic mass is 9.99. The summed E-state index contributed by atoms with van der Waals surface area (Å²) in [6.07, 6.45) is 0.662. The van der Waals surface area contributed by atoms with Crippen molar-refractivity contribution in [3.05, 3.63) is 24.3 Å². The molecule has 0 heterocycles. The van der Waals surface area contributed by atoms with E-state index in [4.69, 9.17) is 4.74 Å². The highest BCUT2D eigenvalue weighted by molar-refractivity contribution is 5.95. The van der Waals surface area contributed by atoms with Crippen LogP contribution in [0.15, 0.2) is 24.3 Å². The first-order valence-corrected chi connectivity index (χ1v) is 6.82. The van der Waals surface area contributed by atoms with Gasteiger partial charge in [0, 0.05) is 7.05 Å². The fourth-order valence-corrected chi connectivity index (χ4v) is 1.93. The van der Waals surface area contributed by atoms with Crippen LogP contribution in [0, 0.1) is 5.92 Å². The number of carbonyl (C=O) groups excluding carboxylic acids is 1. The number of urea groups is 1. The number of nitrogens with one attached hydrogen (secondary N) is 1. The third kappa shape index (κ3) is 4.11. The van der Waals surface area contributed by atoms with Gasteiger partial charge in [-0.25, -0.2) is 9.59 Å². The maximum atomic E-state index is 12.2. The standard InChI is InChI=1S/C15H22N2O4/c1-5-10(2)13(14(18)19)16-15(20)17(3)11-8-6-7-9-12(11)21-4/h6-10,13H,5H2,1-4H3,(H,16,20)(H,18,19). The Labute approximate surface area is 124 Å². The molecule has 2 unspecified atom stereocenters. The lowest BCUT2D eigenvalue weighted by molar-refractivity contribution is -0.140. The summed E-state index contributed by atoms with van der Waals surface area (Å²) in [5, 5.41) is 11.8. The number of aliphatic carboxylic acids is 1. The number of rotatable bonds is 6. The van der Waals surface area contributed by atoms with Gasteiger partial charge in [-0.05, 0) is 18.1 Å². The summed E-state index contributed by atoms with van der Waals surface area (Å²) in [5.74, 6) is -0.644. The summed E-state index contributed by atoms with van der Waals surface area (Å²) in [4.78, 5) is 24.8. The molecule has 0 radical (unpaired) electrons. The van der Waals surface area contributed by atoms with Crippen LogP contribution in [0.5, 0.6) is 5.75 Å². The van der Waals surface area contributed by atoms with Crippen molar-refractivity contribution < 1.29 is 19.4 Å². The molecule has 116 valence electrons. The van der Waals surface area contributed by atoms with Crippen LogP contribution in [-0.2, 0) is 4.79 Å². The zero-order valence-corrected chi connectivity index (χ0v) is 12.8. The molecule has 0 saturated carbocycles. The van der Waals surface area contributed by atoms with Crippen LogP contribution in [-0.4, -0.2) is 37.3 Å². The molecule has 0 aliphatic rings. The van der Waals surface area contributed by atoms with Crippen molar-refractivity contribution in [1.29, 1.82) is 0 Å². The molecule has 2 N–H and O–H groups in total. The van der Waals surface area contributed by atoms with Crippen molar-refractivity contribution in [2.24, 2.45) is 5.92 Å². The van der Waals surface area contributed by atoms with Gasteiger partial charge in [0.2, 0.25) is 0 Å². The number of methoxy groups -OCH3 is 1. The van der Waals surface area contributed by atoms with Gasteiger partial charge in [0.15, 0.2) is 0 Å². The van der Waals surface area contributed by atoms with E-state index in [0.717, 1.165) is 0 Å². The van der Waals surface area contributed by atoms with E-state index in [1.165, 1.54) is 12.0 Å².